The number of hydrogen-bond donors (Lipinski definition) is 1. The maximum atomic E-state index is 11.3. The van der Waals surface area contributed by atoms with Gasteiger partial charge in [0.1, 0.15) is 5.69 Å². The molecule has 2 aromatic rings. The summed E-state index contributed by atoms with van der Waals surface area (Å²) in [5.74, 6) is 0.430. The minimum atomic E-state index is -0.516. The summed E-state index contributed by atoms with van der Waals surface area (Å²) in [5, 5.41) is 2.57. The molecule has 0 aliphatic rings. The largest absolute Gasteiger partial charge is 0.450 e. The normalized spacial score (nSPS) is 9.94. The molecule has 1 N–H and O–H groups in total. The number of benzene rings is 1. The van der Waals surface area contributed by atoms with Crippen LogP contribution in [0.25, 0.3) is 11.3 Å². The molecule has 0 aliphatic heterocycles. The van der Waals surface area contributed by atoms with Crippen LogP contribution < -0.4 is 5.32 Å². The molecule has 0 unspecified atom stereocenters. The molecule has 1 aromatic heterocycles. The number of carbonyl (C=O) groups excluding carboxylic acids is 1. The first-order chi connectivity index (χ1) is 8.31. The third kappa shape index (κ3) is 2.79. The Morgan fingerprint density at radius 3 is 2.82 bits per heavy atom. The van der Waals surface area contributed by atoms with Gasteiger partial charge in [-0.1, -0.05) is 30.3 Å². The van der Waals surface area contributed by atoms with Gasteiger partial charge in [-0.3, -0.25) is 5.32 Å². The van der Waals surface area contributed by atoms with Gasteiger partial charge in [-0.15, -0.1) is 0 Å². The topological polar surface area (TPSA) is 64.1 Å². The third-order valence-corrected chi connectivity index (χ3v) is 2.56. The van der Waals surface area contributed by atoms with Crippen molar-refractivity contribution < 1.29 is 9.53 Å². The van der Waals surface area contributed by atoms with Crippen molar-refractivity contribution in [1.82, 2.24) is 8.75 Å². The molecule has 5 nitrogen and oxygen atoms in total. The van der Waals surface area contributed by atoms with Crippen molar-refractivity contribution in [3.63, 3.8) is 0 Å². The van der Waals surface area contributed by atoms with Gasteiger partial charge >= 0.3 is 6.09 Å². The smallest absolute Gasteiger partial charge is 0.412 e. The molecule has 0 fully saturated rings. The van der Waals surface area contributed by atoms with Crippen LogP contribution in [0.5, 0.6) is 0 Å². The van der Waals surface area contributed by atoms with Gasteiger partial charge in [-0.05, 0) is 6.92 Å². The van der Waals surface area contributed by atoms with Crippen LogP contribution in [0.3, 0.4) is 0 Å². The Labute approximate surface area is 103 Å². The number of hydrogen-bond acceptors (Lipinski definition) is 5. The molecule has 0 atom stereocenters. The first-order valence-electron chi connectivity index (χ1n) is 5.13. The SMILES string of the molecule is CCOC(=O)Nc1nsnc1-c1ccccc1. The molecule has 1 aromatic carbocycles. The van der Waals surface area contributed by atoms with Crippen molar-refractivity contribution in [3.05, 3.63) is 30.3 Å². The van der Waals surface area contributed by atoms with Gasteiger partial charge in [-0.25, -0.2) is 4.79 Å². The molecule has 2 rings (SSSR count). The fraction of sp³-hybridized carbons (Fsp3) is 0.182. The molecule has 0 saturated carbocycles. The lowest BCUT2D eigenvalue weighted by Crippen LogP contribution is -2.14. The average molecular weight is 249 g/mol. The standard InChI is InChI=1S/C11H11N3O2S/c1-2-16-11(15)12-10-9(13-17-14-10)8-6-4-3-5-7-8/h3-7H,2H2,1H3,(H,12,14,15). The second-order valence-corrected chi connectivity index (χ2v) is 3.70. The van der Waals surface area contributed by atoms with E-state index in [1.165, 1.54) is 0 Å². The zero-order valence-corrected chi connectivity index (χ0v) is 10.0. The average Bonchev–Trinajstić information content (AvgIpc) is 2.78. The minimum Gasteiger partial charge on any atom is -0.450 e. The number of anilines is 1. The number of aromatic nitrogens is 2. The van der Waals surface area contributed by atoms with Crippen molar-refractivity contribution in [2.45, 2.75) is 6.92 Å². The number of rotatable bonds is 3. The zero-order chi connectivity index (χ0) is 12.1. The summed E-state index contributed by atoms with van der Waals surface area (Å²) in [7, 11) is 0. The summed E-state index contributed by atoms with van der Waals surface area (Å²) < 4.78 is 13.0. The fourth-order valence-electron chi connectivity index (χ4n) is 1.32. The molecule has 17 heavy (non-hydrogen) atoms. The zero-order valence-electron chi connectivity index (χ0n) is 9.21. The second kappa shape index (κ2) is 5.40. The van der Waals surface area contributed by atoms with E-state index in [1.807, 2.05) is 30.3 Å². The van der Waals surface area contributed by atoms with E-state index in [-0.39, 0.29) is 0 Å². The van der Waals surface area contributed by atoms with Gasteiger partial charge in [-0.2, -0.15) is 8.75 Å². The quantitative estimate of drug-likeness (QED) is 0.908. The highest BCUT2D eigenvalue weighted by Crippen LogP contribution is 2.25. The van der Waals surface area contributed by atoms with Crippen LogP contribution in [0.2, 0.25) is 0 Å². The van der Waals surface area contributed by atoms with Gasteiger partial charge in [0.2, 0.25) is 0 Å². The van der Waals surface area contributed by atoms with Crippen LogP contribution in [-0.4, -0.2) is 21.4 Å². The van der Waals surface area contributed by atoms with Crippen LogP contribution in [0.4, 0.5) is 10.6 Å². The van der Waals surface area contributed by atoms with Crippen LogP contribution in [-0.2, 0) is 4.74 Å². The van der Waals surface area contributed by atoms with E-state index < -0.39 is 6.09 Å². The third-order valence-electron chi connectivity index (χ3n) is 2.03. The molecule has 1 amide bonds. The first-order valence-corrected chi connectivity index (χ1v) is 5.86. The van der Waals surface area contributed by atoms with Crippen molar-refractivity contribution in [2.75, 3.05) is 11.9 Å². The van der Waals surface area contributed by atoms with Crippen LogP contribution in [0.1, 0.15) is 6.92 Å². The van der Waals surface area contributed by atoms with Crippen molar-refractivity contribution in [1.29, 1.82) is 0 Å². The summed E-state index contributed by atoms with van der Waals surface area (Å²) in [6.45, 7) is 2.07. The Bertz CT molecular complexity index is 498. The lowest BCUT2D eigenvalue weighted by atomic mass is 10.1. The van der Waals surface area contributed by atoms with Gasteiger partial charge in [0.05, 0.1) is 18.3 Å². The highest BCUT2D eigenvalue weighted by atomic mass is 32.1. The van der Waals surface area contributed by atoms with E-state index in [0.29, 0.717) is 18.1 Å². The molecule has 88 valence electrons. The van der Waals surface area contributed by atoms with E-state index in [2.05, 4.69) is 14.1 Å². The summed E-state index contributed by atoms with van der Waals surface area (Å²) in [6, 6.07) is 9.55. The lowest BCUT2D eigenvalue weighted by Gasteiger charge is -2.03. The fourth-order valence-corrected chi connectivity index (χ4v) is 1.85. The second-order valence-electron chi connectivity index (χ2n) is 3.17. The first kappa shape index (κ1) is 11.5. The summed E-state index contributed by atoms with van der Waals surface area (Å²) in [5.41, 5.74) is 1.57. The Morgan fingerprint density at radius 1 is 1.35 bits per heavy atom. The lowest BCUT2D eigenvalue weighted by molar-refractivity contribution is 0.168. The summed E-state index contributed by atoms with van der Waals surface area (Å²) in [6.07, 6.45) is -0.516. The monoisotopic (exact) mass is 249 g/mol. The molecule has 0 spiro atoms. The number of ether oxygens (including phenoxy) is 1. The van der Waals surface area contributed by atoms with Gasteiger partial charge in [0, 0.05) is 5.56 Å². The molecule has 1 heterocycles. The van der Waals surface area contributed by atoms with E-state index in [0.717, 1.165) is 17.3 Å². The van der Waals surface area contributed by atoms with E-state index >= 15 is 0 Å². The van der Waals surface area contributed by atoms with Crippen molar-refractivity contribution >= 4 is 23.6 Å². The van der Waals surface area contributed by atoms with E-state index in [9.17, 15) is 4.79 Å². The minimum absolute atomic E-state index is 0.323. The molecule has 0 radical (unpaired) electrons. The molecule has 0 saturated heterocycles. The Kier molecular flexibility index (Phi) is 3.66. The number of nitrogens with zero attached hydrogens (tertiary/aromatic N) is 2. The summed E-state index contributed by atoms with van der Waals surface area (Å²) in [4.78, 5) is 11.3. The molecule has 0 bridgehead atoms. The maximum Gasteiger partial charge on any atom is 0.412 e. The Morgan fingerprint density at radius 2 is 2.12 bits per heavy atom. The van der Waals surface area contributed by atoms with Crippen molar-refractivity contribution in [2.24, 2.45) is 0 Å². The van der Waals surface area contributed by atoms with Gasteiger partial charge in [0.15, 0.2) is 5.82 Å². The van der Waals surface area contributed by atoms with Crippen LogP contribution in [0.15, 0.2) is 30.3 Å². The molecule has 6 heteroatoms. The predicted octanol–water partition coefficient (Wildman–Crippen LogP) is 2.77. The molecular weight excluding hydrogens is 238 g/mol. The Hall–Kier alpha value is -1.95. The number of carbonyl (C=O) groups is 1. The van der Waals surface area contributed by atoms with Gasteiger partial charge < -0.3 is 4.74 Å². The number of nitrogens with one attached hydrogen (secondary N) is 1. The van der Waals surface area contributed by atoms with E-state index in [4.69, 9.17) is 4.74 Å². The summed E-state index contributed by atoms with van der Waals surface area (Å²) >= 11 is 1.05. The number of amides is 1. The maximum absolute atomic E-state index is 11.3. The van der Waals surface area contributed by atoms with E-state index in [1.54, 1.807) is 6.92 Å². The highest BCUT2D eigenvalue weighted by molar-refractivity contribution is 6.99. The van der Waals surface area contributed by atoms with Crippen LogP contribution >= 0.6 is 11.7 Å². The van der Waals surface area contributed by atoms with Crippen LogP contribution in [0, 0.1) is 0 Å². The Balaban J connectivity index is 2.20. The highest BCUT2D eigenvalue weighted by Gasteiger charge is 2.13. The van der Waals surface area contributed by atoms with Crippen molar-refractivity contribution in [3.8, 4) is 11.3 Å². The van der Waals surface area contributed by atoms with Gasteiger partial charge in [0.25, 0.3) is 0 Å². The predicted molar refractivity (Wildman–Crippen MR) is 66.0 cm³/mol. The molecular formula is C11H11N3O2S. The molecule has 0 aliphatic carbocycles.